The first-order valence-corrected chi connectivity index (χ1v) is 6.66. The molecule has 2 aliphatic heterocycles. The number of nitrogens with one attached hydrogen (secondary N) is 2. The summed E-state index contributed by atoms with van der Waals surface area (Å²) in [5.74, 6) is 0. The summed E-state index contributed by atoms with van der Waals surface area (Å²) in [6, 6.07) is -0.0211. The molecule has 5 nitrogen and oxygen atoms in total. The Kier molecular flexibility index (Phi) is 4.23. The summed E-state index contributed by atoms with van der Waals surface area (Å²) in [5.41, 5.74) is -0.749. The lowest BCUT2D eigenvalue weighted by atomic mass is 10.0. The second-order valence-electron chi connectivity index (χ2n) is 5.21. The number of urea groups is 1. The van der Waals surface area contributed by atoms with E-state index in [1.807, 2.05) is 4.90 Å². The van der Waals surface area contributed by atoms with Gasteiger partial charge in [-0.05, 0) is 25.8 Å². The van der Waals surface area contributed by atoms with Crippen LogP contribution >= 0.6 is 0 Å². The Labute approximate surface area is 103 Å². The summed E-state index contributed by atoms with van der Waals surface area (Å²) in [4.78, 5) is 13.8. The van der Waals surface area contributed by atoms with Gasteiger partial charge in [0, 0.05) is 26.2 Å². The highest BCUT2D eigenvalue weighted by atomic mass is 16.3. The molecule has 2 rings (SSSR count). The van der Waals surface area contributed by atoms with E-state index in [0.717, 1.165) is 32.5 Å². The topological polar surface area (TPSA) is 64.6 Å². The quantitative estimate of drug-likeness (QED) is 0.651. The normalized spacial score (nSPS) is 30.1. The molecular weight excluding hydrogens is 218 g/mol. The maximum Gasteiger partial charge on any atom is 0.317 e. The summed E-state index contributed by atoms with van der Waals surface area (Å²) < 4.78 is 0. The van der Waals surface area contributed by atoms with Gasteiger partial charge >= 0.3 is 6.03 Å². The molecule has 0 aromatic heterocycles. The summed E-state index contributed by atoms with van der Waals surface area (Å²) in [6.07, 6.45) is 5.35. The van der Waals surface area contributed by atoms with Crippen molar-refractivity contribution < 1.29 is 9.90 Å². The number of β-amino-alcohol motifs (C(OH)–C–C–N with tert-alkyl or cyclic N) is 1. The Bertz CT molecular complexity index is 256. The molecule has 2 fully saturated rings. The van der Waals surface area contributed by atoms with E-state index in [9.17, 15) is 9.90 Å². The van der Waals surface area contributed by atoms with Crippen molar-refractivity contribution in [1.29, 1.82) is 0 Å². The summed E-state index contributed by atoms with van der Waals surface area (Å²) in [5, 5.41) is 16.1. The van der Waals surface area contributed by atoms with Crippen LogP contribution < -0.4 is 10.6 Å². The number of rotatable bonds is 2. The first kappa shape index (κ1) is 12.6. The van der Waals surface area contributed by atoms with E-state index < -0.39 is 5.60 Å². The lowest BCUT2D eigenvalue weighted by Gasteiger charge is -2.25. The Morgan fingerprint density at radius 2 is 2.00 bits per heavy atom. The number of nitrogens with zero attached hydrogens (tertiary/aromatic N) is 1. The van der Waals surface area contributed by atoms with E-state index in [1.165, 1.54) is 12.8 Å². The van der Waals surface area contributed by atoms with Crippen LogP contribution in [0.3, 0.4) is 0 Å². The van der Waals surface area contributed by atoms with Crippen molar-refractivity contribution in [2.24, 2.45) is 0 Å². The second-order valence-corrected chi connectivity index (χ2v) is 5.21. The number of carbonyl (C=O) groups is 1. The van der Waals surface area contributed by atoms with Crippen molar-refractivity contribution in [1.82, 2.24) is 15.5 Å². The molecule has 5 heteroatoms. The van der Waals surface area contributed by atoms with Crippen LogP contribution in [0.15, 0.2) is 0 Å². The van der Waals surface area contributed by atoms with Gasteiger partial charge in [0.1, 0.15) is 0 Å². The van der Waals surface area contributed by atoms with Crippen LogP contribution in [0.25, 0.3) is 0 Å². The molecule has 1 atom stereocenters. The van der Waals surface area contributed by atoms with Crippen LogP contribution in [0.2, 0.25) is 0 Å². The predicted molar refractivity (Wildman–Crippen MR) is 65.9 cm³/mol. The smallest absolute Gasteiger partial charge is 0.317 e. The van der Waals surface area contributed by atoms with Gasteiger partial charge < -0.3 is 20.6 Å². The molecule has 2 saturated heterocycles. The number of amides is 2. The number of aliphatic hydroxyl groups is 1. The van der Waals surface area contributed by atoms with Crippen molar-refractivity contribution in [3.63, 3.8) is 0 Å². The molecule has 3 N–H and O–H groups in total. The SMILES string of the molecule is O=C(NCC1(O)CCNC1)N1CCCCCC1. The van der Waals surface area contributed by atoms with Gasteiger partial charge in [-0.25, -0.2) is 4.79 Å². The van der Waals surface area contributed by atoms with E-state index in [1.54, 1.807) is 0 Å². The molecule has 2 amide bonds. The average Bonchev–Trinajstić information content (AvgIpc) is 2.60. The lowest BCUT2D eigenvalue weighted by molar-refractivity contribution is 0.0616. The Morgan fingerprint density at radius 3 is 2.59 bits per heavy atom. The molecule has 98 valence electrons. The van der Waals surface area contributed by atoms with Gasteiger partial charge in [0.25, 0.3) is 0 Å². The zero-order valence-electron chi connectivity index (χ0n) is 10.4. The van der Waals surface area contributed by atoms with Gasteiger partial charge in [-0.15, -0.1) is 0 Å². The molecule has 0 bridgehead atoms. The molecule has 0 spiro atoms. The van der Waals surface area contributed by atoms with Crippen LogP contribution in [0.5, 0.6) is 0 Å². The zero-order chi connectivity index (χ0) is 12.1. The average molecular weight is 241 g/mol. The van der Waals surface area contributed by atoms with Crippen molar-refractivity contribution in [3.8, 4) is 0 Å². The highest BCUT2D eigenvalue weighted by molar-refractivity contribution is 5.74. The summed E-state index contributed by atoms with van der Waals surface area (Å²) in [7, 11) is 0. The second kappa shape index (κ2) is 5.69. The van der Waals surface area contributed by atoms with Crippen molar-refractivity contribution >= 4 is 6.03 Å². The first-order chi connectivity index (χ1) is 8.20. The molecule has 0 aliphatic carbocycles. The maximum absolute atomic E-state index is 11.9. The number of carbonyl (C=O) groups excluding carboxylic acids is 1. The third-order valence-electron chi connectivity index (χ3n) is 3.68. The molecule has 0 aromatic carbocycles. The highest BCUT2D eigenvalue weighted by Crippen LogP contribution is 2.13. The van der Waals surface area contributed by atoms with Gasteiger partial charge in [0.15, 0.2) is 0 Å². The fraction of sp³-hybridized carbons (Fsp3) is 0.917. The minimum atomic E-state index is -0.749. The minimum Gasteiger partial charge on any atom is -0.387 e. The van der Waals surface area contributed by atoms with Crippen LogP contribution in [-0.2, 0) is 0 Å². The fourth-order valence-electron chi connectivity index (χ4n) is 2.51. The van der Waals surface area contributed by atoms with Gasteiger partial charge in [-0.3, -0.25) is 0 Å². The standard InChI is InChI=1S/C12H23N3O2/c16-11(15-7-3-1-2-4-8-15)14-10-12(17)5-6-13-9-12/h13,17H,1-10H2,(H,14,16). The third-order valence-corrected chi connectivity index (χ3v) is 3.68. The maximum atomic E-state index is 11.9. The van der Waals surface area contributed by atoms with E-state index in [-0.39, 0.29) is 6.03 Å². The molecule has 1 unspecified atom stereocenters. The van der Waals surface area contributed by atoms with E-state index in [0.29, 0.717) is 19.5 Å². The van der Waals surface area contributed by atoms with Crippen LogP contribution in [0.1, 0.15) is 32.1 Å². The van der Waals surface area contributed by atoms with Gasteiger partial charge in [0.05, 0.1) is 5.60 Å². The van der Waals surface area contributed by atoms with E-state index in [2.05, 4.69) is 10.6 Å². The molecule has 0 radical (unpaired) electrons. The lowest BCUT2D eigenvalue weighted by Crippen LogP contribution is -2.49. The molecule has 17 heavy (non-hydrogen) atoms. The molecule has 0 aromatic rings. The fourth-order valence-corrected chi connectivity index (χ4v) is 2.51. The van der Waals surface area contributed by atoms with Gasteiger partial charge in [-0.1, -0.05) is 12.8 Å². The van der Waals surface area contributed by atoms with Crippen LogP contribution in [0, 0.1) is 0 Å². The number of likely N-dealkylation sites (tertiary alicyclic amines) is 1. The number of hydrogen-bond donors (Lipinski definition) is 3. The van der Waals surface area contributed by atoms with Crippen LogP contribution in [-0.4, -0.2) is 54.4 Å². The van der Waals surface area contributed by atoms with Crippen molar-refractivity contribution in [2.75, 3.05) is 32.7 Å². The number of hydrogen-bond acceptors (Lipinski definition) is 3. The monoisotopic (exact) mass is 241 g/mol. The Hall–Kier alpha value is -0.810. The Morgan fingerprint density at radius 1 is 1.29 bits per heavy atom. The summed E-state index contributed by atoms with van der Waals surface area (Å²) in [6.45, 7) is 3.46. The zero-order valence-corrected chi connectivity index (χ0v) is 10.4. The van der Waals surface area contributed by atoms with Gasteiger partial charge in [0.2, 0.25) is 0 Å². The molecule has 2 heterocycles. The summed E-state index contributed by atoms with van der Waals surface area (Å²) >= 11 is 0. The van der Waals surface area contributed by atoms with Crippen LogP contribution in [0.4, 0.5) is 4.79 Å². The Balaban J connectivity index is 1.75. The van der Waals surface area contributed by atoms with E-state index in [4.69, 9.17) is 0 Å². The van der Waals surface area contributed by atoms with Gasteiger partial charge in [-0.2, -0.15) is 0 Å². The van der Waals surface area contributed by atoms with Crippen molar-refractivity contribution in [2.45, 2.75) is 37.7 Å². The molecule has 2 aliphatic rings. The molecular formula is C12H23N3O2. The molecule has 0 saturated carbocycles. The first-order valence-electron chi connectivity index (χ1n) is 6.66. The third kappa shape index (κ3) is 3.57. The van der Waals surface area contributed by atoms with E-state index >= 15 is 0 Å². The minimum absolute atomic E-state index is 0.0211. The predicted octanol–water partition coefficient (Wildman–Crippen LogP) is 0.296. The largest absolute Gasteiger partial charge is 0.387 e. The van der Waals surface area contributed by atoms with Crippen molar-refractivity contribution in [3.05, 3.63) is 0 Å². The highest BCUT2D eigenvalue weighted by Gasteiger charge is 2.31.